The third kappa shape index (κ3) is 2.37. The Labute approximate surface area is 110 Å². The van der Waals surface area contributed by atoms with E-state index in [1.165, 1.54) is 17.7 Å². The van der Waals surface area contributed by atoms with Crippen LogP contribution in [0.5, 0.6) is 0 Å². The number of aromatic nitrogens is 2. The van der Waals surface area contributed by atoms with Crippen molar-refractivity contribution >= 4 is 27.4 Å². The van der Waals surface area contributed by atoms with Gasteiger partial charge in [-0.3, -0.25) is 0 Å². The van der Waals surface area contributed by atoms with E-state index in [0.717, 1.165) is 10.2 Å². The number of morpholine rings is 1. The van der Waals surface area contributed by atoms with Crippen LogP contribution >= 0.6 is 11.3 Å². The SMILES string of the molecule is FC(F)(F)C1CN(c2ncnc3sccc23)CCO1. The monoisotopic (exact) mass is 289 g/mol. The molecule has 3 heterocycles. The second-order valence-corrected chi connectivity index (χ2v) is 5.08. The summed E-state index contributed by atoms with van der Waals surface area (Å²) in [7, 11) is 0. The first kappa shape index (κ1) is 12.6. The maximum Gasteiger partial charge on any atom is 0.416 e. The molecule has 1 fully saturated rings. The van der Waals surface area contributed by atoms with E-state index in [1.54, 1.807) is 4.90 Å². The largest absolute Gasteiger partial charge is 0.416 e. The van der Waals surface area contributed by atoms with Gasteiger partial charge in [-0.15, -0.1) is 11.3 Å². The van der Waals surface area contributed by atoms with Gasteiger partial charge in [-0.2, -0.15) is 13.2 Å². The first-order valence-corrected chi connectivity index (χ1v) is 6.55. The zero-order valence-corrected chi connectivity index (χ0v) is 10.5. The first-order valence-electron chi connectivity index (χ1n) is 5.67. The maximum absolute atomic E-state index is 12.7. The minimum Gasteiger partial charge on any atom is -0.365 e. The Morgan fingerprint density at radius 3 is 3.00 bits per heavy atom. The van der Waals surface area contributed by atoms with Crippen LogP contribution in [0, 0.1) is 0 Å². The van der Waals surface area contributed by atoms with E-state index in [1.807, 2.05) is 11.4 Å². The maximum atomic E-state index is 12.7. The van der Waals surface area contributed by atoms with E-state index in [9.17, 15) is 13.2 Å². The van der Waals surface area contributed by atoms with Gasteiger partial charge in [0.25, 0.3) is 0 Å². The van der Waals surface area contributed by atoms with Crippen molar-refractivity contribution in [2.24, 2.45) is 0 Å². The molecule has 2 aromatic rings. The highest BCUT2D eigenvalue weighted by molar-refractivity contribution is 7.16. The predicted octanol–water partition coefficient (Wildman–Crippen LogP) is 2.46. The molecule has 1 unspecified atom stereocenters. The van der Waals surface area contributed by atoms with Crippen LogP contribution in [0.15, 0.2) is 17.8 Å². The number of halogens is 3. The van der Waals surface area contributed by atoms with E-state index in [0.29, 0.717) is 12.4 Å². The lowest BCUT2D eigenvalue weighted by Crippen LogP contribution is -2.49. The van der Waals surface area contributed by atoms with Gasteiger partial charge in [0, 0.05) is 6.54 Å². The standard InChI is InChI=1S/C11H10F3N3OS/c12-11(13,14)8-5-17(2-3-18-8)9-7-1-4-19-10(7)16-6-15-9/h1,4,6,8H,2-3,5H2. The van der Waals surface area contributed by atoms with Crippen LogP contribution in [-0.4, -0.2) is 41.9 Å². The van der Waals surface area contributed by atoms with Gasteiger partial charge in [0.15, 0.2) is 6.10 Å². The molecule has 1 aliphatic heterocycles. The summed E-state index contributed by atoms with van der Waals surface area (Å²) in [6.07, 6.45) is -4.73. The van der Waals surface area contributed by atoms with Crippen LogP contribution < -0.4 is 4.90 Å². The van der Waals surface area contributed by atoms with Crippen molar-refractivity contribution in [1.82, 2.24) is 9.97 Å². The Kier molecular flexibility index (Phi) is 3.06. The fraction of sp³-hybridized carbons (Fsp3) is 0.455. The van der Waals surface area contributed by atoms with Crippen molar-refractivity contribution in [2.45, 2.75) is 12.3 Å². The van der Waals surface area contributed by atoms with Gasteiger partial charge >= 0.3 is 6.18 Å². The number of thiophene rings is 1. The van der Waals surface area contributed by atoms with Gasteiger partial charge in [0.1, 0.15) is 17.0 Å². The highest BCUT2D eigenvalue weighted by Gasteiger charge is 2.43. The molecule has 8 heteroatoms. The zero-order chi connectivity index (χ0) is 13.5. The summed E-state index contributed by atoms with van der Waals surface area (Å²) in [6.45, 7) is 0.208. The molecule has 1 atom stereocenters. The lowest BCUT2D eigenvalue weighted by atomic mass is 10.2. The predicted molar refractivity (Wildman–Crippen MR) is 65.4 cm³/mol. The first-order chi connectivity index (χ1) is 9.05. The summed E-state index contributed by atoms with van der Waals surface area (Å²) in [5.41, 5.74) is 0. The Morgan fingerprint density at radius 1 is 1.37 bits per heavy atom. The summed E-state index contributed by atoms with van der Waals surface area (Å²) in [5, 5.41) is 2.64. The van der Waals surface area contributed by atoms with E-state index in [4.69, 9.17) is 4.74 Å². The molecule has 0 radical (unpaired) electrons. The highest BCUT2D eigenvalue weighted by atomic mass is 32.1. The fourth-order valence-corrected chi connectivity index (χ4v) is 2.80. The number of ether oxygens (including phenoxy) is 1. The Bertz CT molecular complexity index is 586. The molecular weight excluding hydrogens is 279 g/mol. The van der Waals surface area contributed by atoms with Gasteiger partial charge in [0.05, 0.1) is 18.5 Å². The summed E-state index contributed by atoms with van der Waals surface area (Å²) in [4.78, 5) is 10.6. The minimum absolute atomic E-state index is 0.0415. The van der Waals surface area contributed by atoms with Gasteiger partial charge in [-0.05, 0) is 11.4 Å². The molecule has 0 bridgehead atoms. The molecule has 102 valence electrons. The lowest BCUT2D eigenvalue weighted by Gasteiger charge is -2.34. The number of hydrogen-bond donors (Lipinski definition) is 0. The van der Waals surface area contributed by atoms with E-state index < -0.39 is 12.3 Å². The second kappa shape index (κ2) is 4.61. The van der Waals surface area contributed by atoms with Crippen LogP contribution in [0.1, 0.15) is 0 Å². The molecule has 19 heavy (non-hydrogen) atoms. The van der Waals surface area contributed by atoms with Crippen molar-refractivity contribution in [2.75, 3.05) is 24.6 Å². The average Bonchev–Trinajstić information content (AvgIpc) is 2.86. The van der Waals surface area contributed by atoms with E-state index >= 15 is 0 Å². The molecule has 1 saturated heterocycles. The highest BCUT2D eigenvalue weighted by Crippen LogP contribution is 2.31. The Morgan fingerprint density at radius 2 is 2.21 bits per heavy atom. The van der Waals surface area contributed by atoms with Crippen LogP contribution in [0.2, 0.25) is 0 Å². The third-order valence-corrected chi connectivity index (χ3v) is 3.79. The van der Waals surface area contributed by atoms with Gasteiger partial charge in [0.2, 0.25) is 0 Å². The quantitative estimate of drug-likeness (QED) is 0.808. The minimum atomic E-state index is -4.35. The van der Waals surface area contributed by atoms with Gasteiger partial charge in [-0.25, -0.2) is 9.97 Å². The molecule has 0 amide bonds. The zero-order valence-electron chi connectivity index (χ0n) is 9.72. The summed E-state index contributed by atoms with van der Waals surface area (Å²) >= 11 is 1.44. The average molecular weight is 289 g/mol. The number of fused-ring (bicyclic) bond motifs is 1. The van der Waals surface area contributed by atoms with Crippen molar-refractivity contribution in [3.05, 3.63) is 17.8 Å². The van der Waals surface area contributed by atoms with E-state index in [2.05, 4.69) is 9.97 Å². The van der Waals surface area contributed by atoms with Crippen LogP contribution in [-0.2, 0) is 4.74 Å². The van der Waals surface area contributed by atoms with Gasteiger partial charge in [-0.1, -0.05) is 0 Å². The number of alkyl halides is 3. The Balaban J connectivity index is 1.91. The van der Waals surface area contributed by atoms with Crippen LogP contribution in [0.3, 0.4) is 0 Å². The molecule has 2 aromatic heterocycles. The third-order valence-electron chi connectivity index (χ3n) is 2.97. The molecule has 4 nitrogen and oxygen atoms in total. The van der Waals surface area contributed by atoms with Crippen molar-refractivity contribution in [1.29, 1.82) is 0 Å². The van der Waals surface area contributed by atoms with Crippen molar-refractivity contribution in [3.8, 4) is 0 Å². The number of anilines is 1. The Hall–Kier alpha value is -1.41. The topological polar surface area (TPSA) is 38.2 Å². The fourth-order valence-electron chi connectivity index (χ4n) is 2.07. The number of rotatable bonds is 1. The molecule has 1 aliphatic rings. The second-order valence-electron chi connectivity index (χ2n) is 4.18. The smallest absolute Gasteiger partial charge is 0.365 e. The molecular formula is C11H10F3N3OS. The number of hydrogen-bond acceptors (Lipinski definition) is 5. The van der Waals surface area contributed by atoms with Crippen molar-refractivity contribution < 1.29 is 17.9 Å². The summed E-state index contributed by atoms with van der Waals surface area (Å²) in [6, 6.07) is 1.83. The lowest BCUT2D eigenvalue weighted by molar-refractivity contribution is -0.221. The number of nitrogens with zero attached hydrogens (tertiary/aromatic N) is 3. The molecule has 0 spiro atoms. The summed E-state index contributed by atoms with van der Waals surface area (Å²) < 4.78 is 42.9. The van der Waals surface area contributed by atoms with Gasteiger partial charge < -0.3 is 9.64 Å². The van der Waals surface area contributed by atoms with E-state index in [-0.39, 0.29) is 13.2 Å². The molecule has 0 aliphatic carbocycles. The molecule has 3 rings (SSSR count). The molecule has 0 saturated carbocycles. The van der Waals surface area contributed by atoms with Crippen LogP contribution in [0.4, 0.5) is 19.0 Å². The molecule has 0 N–H and O–H groups in total. The summed E-state index contributed by atoms with van der Waals surface area (Å²) in [5.74, 6) is 0.545. The van der Waals surface area contributed by atoms with Crippen molar-refractivity contribution in [3.63, 3.8) is 0 Å². The normalized spacial score (nSPS) is 21.0. The molecule has 0 aromatic carbocycles. The van der Waals surface area contributed by atoms with Crippen LogP contribution in [0.25, 0.3) is 10.2 Å².